The average Bonchev–Trinajstić information content (AvgIpc) is 2.56. The predicted molar refractivity (Wildman–Crippen MR) is 91.0 cm³/mol. The molecule has 23 heavy (non-hydrogen) atoms. The Labute approximate surface area is 139 Å². The van der Waals surface area contributed by atoms with Crippen LogP contribution in [0.5, 0.6) is 0 Å². The Hall–Kier alpha value is -0.950. The van der Waals surface area contributed by atoms with Crippen LogP contribution in [0, 0.1) is 0 Å². The summed E-state index contributed by atoms with van der Waals surface area (Å²) in [4.78, 5) is 3.36. The Morgan fingerprint density at radius 1 is 1.04 bits per heavy atom. The Morgan fingerprint density at radius 3 is 2.22 bits per heavy atom. The Morgan fingerprint density at radius 2 is 1.65 bits per heavy atom. The first kappa shape index (κ1) is 16.9. The maximum Gasteiger partial charge on any atom is 0.211 e. The summed E-state index contributed by atoms with van der Waals surface area (Å²) < 4.78 is 24.8. The number of nitrogens with one attached hydrogen (secondary N) is 2. The van der Waals surface area contributed by atoms with Gasteiger partial charge in [-0.3, -0.25) is 0 Å². The highest BCUT2D eigenvalue weighted by molar-refractivity contribution is 7.88. The van der Waals surface area contributed by atoms with Crippen molar-refractivity contribution in [2.24, 2.45) is 0 Å². The van der Waals surface area contributed by atoms with Crippen LogP contribution >= 0.6 is 0 Å². The van der Waals surface area contributed by atoms with Gasteiger partial charge in [0.15, 0.2) is 0 Å². The maximum absolute atomic E-state index is 11.6. The van der Waals surface area contributed by atoms with E-state index in [1.165, 1.54) is 38.0 Å². The fourth-order valence-electron chi connectivity index (χ4n) is 3.99. The number of benzene rings is 1. The average molecular weight is 340 g/mol. The van der Waals surface area contributed by atoms with Crippen LogP contribution in [-0.2, 0) is 16.6 Å². The van der Waals surface area contributed by atoms with Gasteiger partial charge in [0.1, 0.15) is 32.7 Å². The third-order valence-corrected chi connectivity index (χ3v) is 6.70. The van der Waals surface area contributed by atoms with Gasteiger partial charge in [-0.2, -0.15) is 0 Å². The largest absolute Gasteiger partial charge is 0.323 e. The van der Waals surface area contributed by atoms with Crippen molar-refractivity contribution >= 4 is 10.0 Å². The first-order valence-corrected chi connectivity index (χ1v) is 10.5. The number of hydrogen-bond acceptors (Lipinski definition) is 2. The molecule has 0 unspecified atom stereocenters. The van der Waals surface area contributed by atoms with Gasteiger partial charge < -0.3 is 9.80 Å². The number of piperazine rings is 1. The Balaban J connectivity index is 1.45. The predicted octanol–water partition coefficient (Wildman–Crippen LogP) is -1.61. The number of piperidine rings is 1. The first-order chi connectivity index (χ1) is 11.0. The zero-order valence-electron chi connectivity index (χ0n) is 14.0. The molecule has 6 heteroatoms. The lowest BCUT2D eigenvalue weighted by Crippen LogP contribution is -3.29. The molecule has 2 saturated heterocycles. The number of sulfonamides is 1. The molecule has 0 spiro atoms. The van der Waals surface area contributed by atoms with E-state index in [2.05, 4.69) is 30.3 Å². The second-order valence-corrected chi connectivity index (χ2v) is 8.99. The second-order valence-electron chi connectivity index (χ2n) is 7.01. The molecule has 2 aliphatic heterocycles. The van der Waals surface area contributed by atoms with Crippen molar-refractivity contribution in [1.29, 1.82) is 0 Å². The monoisotopic (exact) mass is 339 g/mol. The maximum atomic E-state index is 11.6. The van der Waals surface area contributed by atoms with Crippen molar-refractivity contribution < 1.29 is 18.2 Å². The topological polar surface area (TPSA) is 46.3 Å². The molecular formula is C17H29N3O2S+2. The van der Waals surface area contributed by atoms with Crippen molar-refractivity contribution in [3.05, 3.63) is 35.9 Å². The molecule has 3 rings (SSSR count). The van der Waals surface area contributed by atoms with E-state index in [9.17, 15) is 8.42 Å². The molecule has 128 valence electrons. The molecule has 1 aromatic rings. The highest BCUT2D eigenvalue weighted by Gasteiger charge is 2.34. The number of rotatable bonds is 4. The SMILES string of the molecule is CS(=O)(=O)N1CCC([NH+]2CC[NH+](Cc3ccccc3)CC2)CC1. The Bertz CT molecular complexity index is 590. The van der Waals surface area contributed by atoms with Gasteiger partial charge in [0.25, 0.3) is 0 Å². The van der Waals surface area contributed by atoms with Crippen molar-refractivity contribution in [2.45, 2.75) is 25.4 Å². The molecule has 5 nitrogen and oxygen atoms in total. The zero-order chi connectivity index (χ0) is 16.3. The van der Waals surface area contributed by atoms with Gasteiger partial charge in [-0.15, -0.1) is 0 Å². The summed E-state index contributed by atoms with van der Waals surface area (Å²) in [5.74, 6) is 0. The first-order valence-electron chi connectivity index (χ1n) is 8.69. The van der Waals surface area contributed by atoms with Gasteiger partial charge >= 0.3 is 0 Å². The van der Waals surface area contributed by atoms with Gasteiger partial charge in [0.05, 0.1) is 12.3 Å². The van der Waals surface area contributed by atoms with E-state index in [1.807, 2.05) is 0 Å². The standard InChI is InChI=1S/C17H27N3O2S/c1-23(21,22)20-9-7-17(8-10-20)19-13-11-18(12-14-19)15-16-5-3-2-4-6-16/h2-6,17H,7-15H2,1H3/p+2. The number of hydrogen-bond donors (Lipinski definition) is 2. The smallest absolute Gasteiger partial charge is 0.211 e. The van der Waals surface area contributed by atoms with Crippen LogP contribution in [-0.4, -0.2) is 64.3 Å². The summed E-state index contributed by atoms with van der Waals surface area (Å²) in [5, 5.41) is 0. The fourth-order valence-corrected chi connectivity index (χ4v) is 4.86. The molecule has 0 saturated carbocycles. The highest BCUT2D eigenvalue weighted by atomic mass is 32.2. The zero-order valence-corrected chi connectivity index (χ0v) is 14.8. The minimum absolute atomic E-state index is 0.645. The lowest BCUT2D eigenvalue weighted by atomic mass is 10.0. The van der Waals surface area contributed by atoms with Crippen molar-refractivity contribution in [1.82, 2.24) is 4.31 Å². The van der Waals surface area contributed by atoms with Crippen LogP contribution in [0.2, 0.25) is 0 Å². The van der Waals surface area contributed by atoms with E-state index >= 15 is 0 Å². The van der Waals surface area contributed by atoms with Crippen LogP contribution in [0.15, 0.2) is 30.3 Å². The van der Waals surface area contributed by atoms with Crippen LogP contribution in [0.4, 0.5) is 0 Å². The number of quaternary nitrogens is 2. The molecule has 0 bridgehead atoms. The lowest BCUT2D eigenvalue weighted by Gasteiger charge is -2.38. The molecule has 2 N–H and O–H groups in total. The van der Waals surface area contributed by atoms with Gasteiger partial charge in [-0.25, -0.2) is 12.7 Å². The minimum atomic E-state index is -3.00. The van der Waals surface area contributed by atoms with Gasteiger partial charge in [0.2, 0.25) is 10.0 Å². The van der Waals surface area contributed by atoms with Crippen molar-refractivity contribution in [2.75, 3.05) is 45.5 Å². The summed E-state index contributed by atoms with van der Waals surface area (Å²) >= 11 is 0. The summed E-state index contributed by atoms with van der Waals surface area (Å²) in [6, 6.07) is 11.4. The van der Waals surface area contributed by atoms with Crippen molar-refractivity contribution in [3.8, 4) is 0 Å². The van der Waals surface area contributed by atoms with Crippen LogP contribution in [0.1, 0.15) is 18.4 Å². The summed E-state index contributed by atoms with van der Waals surface area (Å²) in [7, 11) is -3.00. The van der Waals surface area contributed by atoms with Crippen LogP contribution in [0.3, 0.4) is 0 Å². The summed E-state index contributed by atoms with van der Waals surface area (Å²) in [6.07, 6.45) is 3.35. The molecule has 0 amide bonds. The summed E-state index contributed by atoms with van der Waals surface area (Å²) in [6.45, 7) is 7.40. The summed E-state index contributed by atoms with van der Waals surface area (Å²) in [5.41, 5.74) is 1.42. The quantitative estimate of drug-likeness (QED) is 0.694. The normalized spacial score (nSPS) is 27.9. The molecule has 0 aliphatic carbocycles. The highest BCUT2D eigenvalue weighted by Crippen LogP contribution is 2.11. The lowest BCUT2D eigenvalue weighted by molar-refractivity contribution is -1.03. The third kappa shape index (κ3) is 4.53. The molecule has 2 fully saturated rings. The van der Waals surface area contributed by atoms with Crippen LogP contribution < -0.4 is 9.80 Å². The van der Waals surface area contributed by atoms with E-state index in [1.54, 1.807) is 14.1 Å². The second kappa shape index (κ2) is 7.30. The van der Waals surface area contributed by atoms with E-state index in [0.29, 0.717) is 19.1 Å². The molecular weight excluding hydrogens is 310 g/mol. The van der Waals surface area contributed by atoms with E-state index in [-0.39, 0.29) is 0 Å². The third-order valence-electron chi connectivity index (χ3n) is 5.40. The minimum Gasteiger partial charge on any atom is -0.323 e. The molecule has 0 radical (unpaired) electrons. The fraction of sp³-hybridized carbons (Fsp3) is 0.647. The molecule has 1 aromatic carbocycles. The molecule has 2 aliphatic rings. The van der Waals surface area contributed by atoms with Gasteiger partial charge in [-0.1, -0.05) is 30.3 Å². The van der Waals surface area contributed by atoms with Crippen LogP contribution in [0.25, 0.3) is 0 Å². The van der Waals surface area contributed by atoms with Crippen molar-refractivity contribution in [3.63, 3.8) is 0 Å². The van der Waals surface area contributed by atoms with E-state index < -0.39 is 10.0 Å². The Kier molecular flexibility index (Phi) is 5.36. The van der Waals surface area contributed by atoms with E-state index in [0.717, 1.165) is 19.4 Å². The number of nitrogens with zero attached hydrogens (tertiary/aromatic N) is 1. The van der Waals surface area contributed by atoms with Gasteiger partial charge in [0, 0.05) is 31.5 Å². The molecule has 0 aromatic heterocycles. The molecule has 2 heterocycles. The van der Waals surface area contributed by atoms with Gasteiger partial charge in [-0.05, 0) is 0 Å². The van der Waals surface area contributed by atoms with E-state index in [4.69, 9.17) is 0 Å². The molecule has 0 atom stereocenters.